The molecule has 1 aliphatic heterocycles. The second kappa shape index (κ2) is 10.5. The first-order valence-corrected chi connectivity index (χ1v) is 13.7. The molecule has 0 radical (unpaired) electrons. The average molecular weight is 522 g/mol. The fourth-order valence-corrected chi connectivity index (χ4v) is 6.42. The number of fused-ring (bicyclic) bond motifs is 1. The van der Waals surface area contributed by atoms with E-state index in [0.717, 1.165) is 46.1 Å². The number of carboxylic acids is 1. The van der Waals surface area contributed by atoms with Gasteiger partial charge in [-0.1, -0.05) is 60.7 Å². The molecule has 0 bridgehead atoms. The summed E-state index contributed by atoms with van der Waals surface area (Å²) in [6.07, 6.45) is 3.60. The van der Waals surface area contributed by atoms with E-state index in [1.165, 1.54) is 0 Å². The van der Waals surface area contributed by atoms with Crippen LogP contribution in [0.15, 0.2) is 89.3 Å². The lowest BCUT2D eigenvalue weighted by Gasteiger charge is -2.44. The number of hydrogen-bond acceptors (Lipinski definition) is 5. The average Bonchev–Trinajstić information content (AvgIpc) is 2.95. The van der Waals surface area contributed by atoms with Gasteiger partial charge in [-0.15, -0.1) is 0 Å². The van der Waals surface area contributed by atoms with Crippen LogP contribution in [-0.4, -0.2) is 34.1 Å². The number of carboxylic acid groups (broad SMARTS) is 1. The third-order valence-electron chi connectivity index (χ3n) is 8.09. The Morgan fingerprint density at radius 2 is 1.46 bits per heavy atom. The van der Waals surface area contributed by atoms with Crippen LogP contribution in [0.5, 0.6) is 5.75 Å². The molecular weight excluding hydrogens is 490 g/mol. The van der Waals surface area contributed by atoms with Crippen LogP contribution in [0.3, 0.4) is 0 Å². The van der Waals surface area contributed by atoms with Gasteiger partial charge in [0.15, 0.2) is 11.6 Å². The lowest BCUT2D eigenvalue weighted by Crippen LogP contribution is -2.40. The molecule has 0 unspecified atom stereocenters. The van der Waals surface area contributed by atoms with E-state index in [-0.39, 0.29) is 24.5 Å². The summed E-state index contributed by atoms with van der Waals surface area (Å²) in [5, 5.41) is 11.4. The van der Waals surface area contributed by atoms with Crippen molar-refractivity contribution < 1.29 is 24.2 Å². The van der Waals surface area contributed by atoms with Crippen molar-refractivity contribution in [1.29, 1.82) is 0 Å². The van der Waals surface area contributed by atoms with Crippen molar-refractivity contribution >= 4 is 28.3 Å². The molecule has 6 nitrogen and oxygen atoms in total. The van der Waals surface area contributed by atoms with Crippen LogP contribution in [0, 0.1) is 0 Å². The molecule has 0 saturated carbocycles. The van der Waals surface area contributed by atoms with E-state index in [1.54, 1.807) is 0 Å². The first kappa shape index (κ1) is 25.1. The Bertz CT molecular complexity index is 1490. The predicted octanol–water partition coefficient (Wildman–Crippen LogP) is 6.31. The van der Waals surface area contributed by atoms with Crippen LogP contribution >= 0.6 is 0 Å². The maximum Gasteiger partial charge on any atom is 0.305 e. The number of hydrogen-bond donors (Lipinski definition) is 1. The Kier molecular flexibility index (Phi) is 6.77. The molecule has 2 aliphatic carbocycles. The molecule has 0 aromatic heterocycles. The summed E-state index contributed by atoms with van der Waals surface area (Å²) in [7, 11) is 0. The van der Waals surface area contributed by atoms with Gasteiger partial charge in [0.1, 0.15) is 12.4 Å². The number of benzene rings is 3. The molecule has 3 aliphatic rings. The highest BCUT2D eigenvalue weighted by atomic mass is 16.5. The fourth-order valence-electron chi connectivity index (χ4n) is 6.42. The molecule has 0 fully saturated rings. The normalized spacial score (nSPS) is 17.9. The second-order valence-electron chi connectivity index (χ2n) is 10.5. The smallest absolute Gasteiger partial charge is 0.305 e. The fraction of sp³-hybridized carbons (Fsp3) is 0.303. The van der Waals surface area contributed by atoms with Crippen molar-refractivity contribution in [3.8, 4) is 5.75 Å². The van der Waals surface area contributed by atoms with Gasteiger partial charge in [-0.25, -0.2) is 0 Å². The van der Waals surface area contributed by atoms with Crippen LogP contribution < -0.4 is 4.74 Å². The van der Waals surface area contributed by atoms with Gasteiger partial charge in [-0.3, -0.25) is 14.4 Å². The maximum absolute atomic E-state index is 13.7. The van der Waals surface area contributed by atoms with Gasteiger partial charge in [-0.05, 0) is 48.1 Å². The summed E-state index contributed by atoms with van der Waals surface area (Å²) in [4.78, 5) is 41.0. The highest BCUT2D eigenvalue weighted by Crippen LogP contribution is 2.52. The molecule has 6 rings (SSSR count). The van der Waals surface area contributed by atoms with E-state index >= 15 is 0 Å². The SMILES string of the molecule is O=C(O)CCN1C2=C(C(=O)CCC2)C(c2c(OCc3ccccc3)ccc3ccccc23)C2=C1CCCC2=O. The summed E-state index contributed by atoms with van der Waals surface area (Å²) in [5.41, 5.74) is 4.93. The highest BCUT2D eigenvalue weighted by molar-refractivity contribution is 6.08. The predicted molar refractivity (Wildman–Crippen MR) is 148 cm³/mol. The van der Waals surface area contributed by atoms with Gasteiger partial charge < -0.3 is 14.7 Å². The van der Waals surface area contributed by atoms with Crippen molar-refractivity contribution in [1.82, 2.24) is 4.90 Å². The van der Waals surface area contributed by atoms with Gasteiger partial charge in [0.2, 0.25) is 0 Å². The van der Waals surface area contributed by atoms with Gasteiger partial charge in [0, 0.05) is 53.4 Å². The van der Waals surface area contributed by atoms with Crippen LogP contribution in [0.2, 0.25) is 0 Å². The standard InChI is InChI=1S/C33H31NO5/c35-26-14-6-12-24-31(26)33(32-25(13-7-15-27(32)36)34(24)19-18-29(37)38)30-23-11-5-4-10-22(23)16-17-28(30)39-20-21-8-2-1-3-9-21/h1-5,8-11,16-17,33H,6-7,12-15,18-20H2,(H,37,38). The number of carbonyl (C=O) groups excluding carboxylic acids is 2. The molecule has 0 saturated heterocycles. The van der Waals surface area contributed by atoms with E-state index < -0.39 is 11.9 Å². The van der Waals surface area contributed by atoms with Gasteiger partial charge in [0.05, 0.1) is 6.42 Å². The molecule has 1 heterocycles. The topological polar surface area (TPSA) is 83.9 Å². The van der Waals surface area contributed by atoms with Crippen LogP contribution in [0.1, 0.15) is 62.0 Å². The van der Waals surface area contributed by atoms with Gasteiger partial charge >= 0.3 is 5.97 Å². The summed E-state index contributed by atoms with van der Waals surface area (Å²) < 4.78 is 6.46. The number of rotatable bonds is 7. The Labute approximate surface area is 227 Å². The molecule has 3 aromatic carbocycles. The second-order valence-corrected chi connectivity index (χ2v) is 10.5. The summed E-state index contributed by atoms with van der Waals surface area (Å²) in [6.45, 7) is 0.622. The number of ketones is 2. The number of carbonyl (C=O) groups is 3. The number of nitrogens with zero attached hydrogens (tertiary/aromatic N) is 1. The summed E-state index contributed by atoms with van der Waals surface area (Å²) >= 11 is 0. The quantitative estimate of drug-likeness (QED) is 0.392. The molecule has 0 atom stereocenters. The molecule has 0 amide bonds. The van der Waals surface area contributed by atoms with Crippen molar-refractivity contribution in [2.45, 2.75) is 57.5 Å². The van der Waals surface area contributed by atoms with Crippen molar-refractivity contribution in [2.24, 2.45) is 0 Å². The lowest BCUT2D eigenvalue weighted by atomic mass is 9.70. The van der Waals surface area contributed by atoms with E-state index in [2.05, 4.69) is 0 Å². The Hall–Kier alpha value is -4.19. The number of ether oxygens (including phenoxy) is 1. The number of Topliss-reactive ketones (excluding diaryl/α,β-unsaturated/α-hetero) is 2. The van der Waals surface area contributed by atoms with Gasteiger partial charge in [0.25, 0.3) is 0 Å². The zero-order valence-electron chi connectivity index (χ0n) is 21.8. The minimum Gasteiger partial charge on any atom is -0.489 e. The highest BCUT2D eigenvalue weighted by Gasteiger charge is 2.44. The summed E-state index contributed by atoms with van der Waals surface area (Å²) in [5.74, 6) is -0.691. The molecule has 1 N–H and O–H groups in total. The third kappa shape index (κ3) is 4.65. The zero-order valence-corrected chi connectivity index (χ0v) is 21.8. The first-order chi connectivity index (χ1) is 19.0. The molecule has 3 aromatic rings. The van der Waals surface area contributed by atoms with E-state index in [0.29, 0.717) is 49.2 Å². The van der Waals surface area contributed by atoms with Crippen molar-refractivity contribution in [2.75, 3.05) is 6.54 Å². The monoisotopic (exact) mass is 521 g/mol. The van der Waals surface area contributed by atoms with E-state index in [9.17, 15) is 19.5 Å². The minimum absolute atomic E-state index is 0.0356. The minimum atomic E-state index is -0.892. The van der Waals surface area contributed by atoms with Crippen LogP contribution in [0.4, 0.5) is 0 Å². The van der Waals surface area contributed by atoms with E-state index in [4.69, 9.17) is 4.74 Å². The van der Waals surface area contributed by atoms with Crippen molar-refractivity contribution in [3.63, 3.8) is 0 Å². The molecule has 39 heavy (non-hydrogen) atoms. The van der Waals surface area contributed by atoms with Gasteiger partial charge in [-0.2, -0.15) is 0 Å². The zero-order chi connectivity index (χ0) is 26.9. The number of aliphatic carboxylic acids is 1. The largest absolute Gasteiger partial charge is 0.489 e. The number of allylic oxidation sites excluding steroid dienone is 4. The lowest BCUT2D eigenvalue weighted by molar-refractivity contribution is -0.137. The maximum atomic E-state index is 13.7. The van der Waals surface area contributed by atoms with Crippen molar-refractivity contribution in [3.05, 3.63) is 100 Å². The summed E-state index contributed by atoms with van der Waals surface area (Å²) in [6, 6.07) is 22.0. The molecule has 6 heteroatoms. The van der Waals surface area contributed by atoms with Crippen LogP contribution in [0.25, 0.3) is 10.8 Å². The first-order valence-electron chi connectivity index (χ1n) is 13.7. The van der Waals surface area contributed by atoms with E-state index in [1.807, 2.05) is 71.6 Å². The Morgan fingerprint density at radius 3 is 2.13 bits per heavy atom. The Balaban J connectivity index is 1.57. The molecule has 0 spiro atoms. The van der Waals surface area contributed by atoms with Crippen LogP contribution in [-0.2, 0) is 21.0 Å². The Morgan fingerprint density at radius 1 is 0.821 bits per heavy atom. The molecule has 198 valence electrons. The third-order valence-corrected chi connectivity index (χ3v) is 8.09. The molecular formula is C33H31NO5.